The molecule has 0 bridgehead atoms. The lowest BCUT2D eigenvalue weighted by Gasteiger charge is -2.37. The van der Waals surface area contributed by atoms with Crippen LogP contribution in [0, 0.1) is 16.0 Å². The van der Waals surface area contributed by atoms with Crippen LogP contribution < -0.4 is 10.6 Å². The van der Waals surface area contributed by atoms with Crippen molar-refractivity contribution in [3.8, 4) is 0 Å². The van der Waals surface area contributed by atoms with Crippen molar-refractivity contribution in [1.29, 1.82) is 0 Å². The van der Waals surface area contributed by atoms with Crippen molar-refractivity contribution in [3.63, 3.8) is 0 Å². The molecule has 0 saturated carbocycles. The summed E-state index contributed by atoms with van der Waals surface area (Å²) in [5, 5.41) is 17.8. The molecule has 3 atom stereocenters. The number of carbonyl (C=O) groups is 1. The molecule has 4 rings (SSSR count). The summed E-state index contributed by atoms with van der Waals surface area (Å²) in [7, 11) is 0. The maximum Gasteiger partial charge on any atom is 0.274 e. The molecule has 26 heavy (non-hydrogen) atoms. The predicted molar refractivity (Wildman–Crippen MR) is 100 cm³/mol. The quantitative estimate of drug-likeness (QED) is 0.489. The third-order valence-electron chi connectivity index (χ3n) is 5.15. The number of hydrogen-bond acceptors (Lipinski definition) is 4. The standard InChI is InChI=1S/C20H19N3O3/c1-12(24)21-13-9-10-18-17(11-13)14-6-4-7-15(14)20(22-18)16-5-2-3-8-19(16)23(25)26/h2-6,8-11,14-15,20,22H,7H2,1H3,(H,21,24)/t14-,15+,20-/m0/s1. The lowest BCUT2D eigenvalue weighted by molar-refractivity contribution is -0.385. The molecule has 1 aliphatic carbocycles. The number of fused-ring (bicyclic) bond motifs is 3. The lowest BCUT2D eigenvalue weighted by Crippen LogP contribution is -2.29. The van der Waals surface area contributed by atoms with Crippen molar-refractivity contribution in [3.05, 3.63) is 75.9 Å². The molecule has 1 amide bonds. The van der Waals surface area contributed by atoms with Gasteiger partial charge in [-0.3, -0.25) is 14.9 Å². The largest absolute Gasteiger partial charge is 0.377 e. The van der Waals surface area contributed by atoms with E-state index in [1.807, 2.05) is 30.3 Å². The molecule has 2 aliphatic rings. The van der Waals surface area contributed by atoms with E-state index in [-0.39, 0.29) is 34.4 Å². The molecule has 6 nitrogen and oxygen atoms in total. The minimum absolute atomic E-state index is 0.106. The average Bonchev–Trinajstić information content (AvgIpc) is 3.10. The van der Waals surface area contributed by atoms with Crippen molar-refractivity contribution in [2.75, 3.05) is 10.6 Å². The molecule has 0 spiro atoms. The van der Waals surface area contributed by atoms with Crippen LogP contribution in [0.2, 0.25) is 0 Å². The van der Waals surface area contributed by atoms with Crippen LogP contribution in [0.15, 0.2) is 54.6 Å². The van der Waals surface area contributed by atoms with Crippen LogP contribution in [0.5, 0.6) is 0 Å². The number of nitro groups is 1. The Bertz CT molecular complexity index is 922. The van der Waals surface area contributed by atoms with Crippen LogP contribution in [0.4, 0.5) is 17.1 Å². The summed E-state index contributed by atoms with van der Waals surface area (Å²) in [6.07, 6.45) is 5.17. The van der Waals surface area contributed by atoms with E-state index in [1.165, 1.54) is 6.92 Å². The van der Waals surface area contributed by atoms with E-state index in [0.29, 0.717) is 5.56 Å². The van der Waals surface area contributed by atoms with Gasteiger partial charge >= 0.3 is 0 Å². The summed E-state index contributed by atoms with van der Waals surface area (Å²) in [6.45, 7) is 1.49. The Morgan fingerprint density at radius 1 is 1.23 bits per heavy atom. The molecule has 0 saturated heterocycles. The Kier molecular flexibility index (Phi) is 3.95. The number of benzene rings is 2. The van der Waals surface area contributed by atoms with Crippen LogP contribution in [0.3, 0.4) is 0 Å². The maximum atomic E-state index is 11.5. The zero-order chi connectivity index (χ0) is 18.3. The Morgan fingerprint density at radius 3 is 2.81 bits per heavy atom. The van der Waals surface area contributed by atoms with Crippen LogP contribution in [-0.4, -0.2) is 10.8 Å². The highest BCUT2D eigenvalue weighted by molar-refractivity contribution is 5.89. The number of carbonyl (C=O) groups excluding carboxylic acids is 1. The molecule has 132 valence electrons. The minimum Gasteiger partial charge on any atom is -0.377 e. The van der Waals surface area contributed by atoms with Gasteiger partial charge in [0.05, 0.1) is 16.5 Å². The van der Waals surface area contributed by atoms with Gasteiger partial charge in [-0.05, 0) is 36.1 Å². The number of hydrogen-bond donors (Lipinski definition) is 2. The van der Waals surface area contributed by atoms with Gasteiger partial charge in [0.25, 0.3) is 5.69 Å². The third-order valence-corrected chi connectivity index (χ3v) is 5.15. The summed E-state index contributed by atoms with van der Waals surface area (Å²) in [5.41, 5.74) is 3.70. The van der Waals surface area contributed by atoms with Gasteiger partial charge in [-0.2, -0.15) is 0 Å². The number of rotatable bonds is 3. The summed E-state index contributed by atoms with van der Waals surface area (Å²) in [5.74, 6) is 0.269. The van der Waals surface area contributed by atoms with Gasteiger partial charge in [0, 0.05) is 30.3 Å². The molecule has 0 radical (unpaired) electrons. The van der Waals surface area contributed by atoms with Gasteiger partial charge in [0.1, 0.15) is 0 Å². The van der Waals surface area contributed by atoms with Gasteiger partial charge in [0.15, 0.2) is 0 Å². The van der Waals surface area contributed by atoms with Crippen LogP contribution >= 0.6 is 0 Å². The van der Waals surface area contributed by atoms with Gasteiger partial charge < -0.3 is 10.6 Å². The van der Waals surface area contributed by atoms with Gasteiger partial charge in [-0.1, -0.05) is 30.4 Å². The fraction of sp³-hybridized carbons (Fsp3) is 0.250. The number of nitrogens with one attached hydrogen (secondary N) is 2. The van der Waals surface area contributed by atoms with E-state index in [1.54, 1.807) is 12.1 Å². The molecular formula is C20H19N3O3. The number of anilines is 2. The number of allylic oxidation sites excluding steroid dienone is 2. The highest BCUT2D eigenvalue weighted by Crippen LogP contribution is 2.51. The number of para-hydroxylation sites is 1. The molecule has 1 heterocycles. The van der Waals surface area contributed by atoms with E-state index >= 15 is 0 Å². The van der Waals surface area contributed by atoms with Crippen molar-refractivity contribution in [2.45, 2.75) is 25.3 Å². The van der Waals surface area contributed by atoms with Crippen molar-refractivity contribution >= 4 is 23.0 Å². The zero-order valence-electron chi connectivity index (χ0n) is 14.3. The number of nitrogens with zero attached hydrogens (tertiary/aromatic N) is 1. The van der Waals surface area contributed by atoms with Crippen LogP contribution in [0.25, 0.3) is 0 Å². The maximum absolute atomic E-state index is 11.5. The van der Waals surface area contributed by atoms with Crippen molar-refractivity contribution in [1.82, 2.24) is 0 Å². The third kappa shape index (κ3) is 2.73. The summed E-state index contributed by atoms with van der Waals surface area (Å²) < 4.78 is 0. The minimum atomic E-state index is -0.316. The Balaban J connectivity index is 1.76. The molecule has 6 heteroatoms. The molecule has 1 aliphatic heterocycles. The molecule has 0 aromatic heterocycles. The average molecular weight is 349 g/mol. The zero-order valence-corrected chi connectivity index (χ0v) is 14.3. The number of amides is 1. The fourth-order valence-electron chi connectivity index (χ4n) is 4.10. The van der Waals surface area contributed by atoms with E-state index < -0.39 is 0 Å². The SMILES string of the molecule is CC(=O)Nc1ccc2c(c1)[C@H]1C=CC[C@H]1[C@@H](c1ccccc1[N+](=O)[O-])N2. The second-order valence-corrected chi connectivity index (χ2v) is 6.77. The molecule has 2 N–H and O–H groups in total. The predicted octanol–water partition coefficient (Wildman–Crippen LogP) is 4.38. The highest BCUT2D eigenvalue weighted by Gasteiger charge is 2.40. The first-order chi connectivity index (χ1) is 12.5. The summed E-state index contributed by atoms with van der Waals surface area (Å²) >= 11 is 0. The molecular weight excluding hydrogens is 330 g/mol. The molecule has 0 unspecified atom stereocenters. The van der Waals surface area contributed by atoms with Crippen LogP contribution in [0.1, 0.15) is 36.4 Å². The fourth-order valence-corrected chi connectivity index (χ4v) is 4.10. The molecule has 0 fully saturated rings. The molecule has 2 aromatic carbocycles. The van der Waals surface area contributed by atoms with E-state index in [0.717, 1.165) is 23.4 Å². The van der Waals surface area contributed by atoms with Gasteiger partial charge in [-0.15, -0.1) is 0 Å². The Morgan fingerprint density at radius 2 is 2.04 bits per heavy atom. The normalized spacial score (nSPS) is 22.9. The van der Waals surface area contributed by atoms with Crippen molar-refractivity contribution in [2.24, 2.45) is 5.92 Å². The second-order valence-electron chi connectivity index (χ2n) is 6.77. The topological polar surface area (TPSA) is 84.3 Å². The van der Waals surface area contributed by atoms with E-state index in [2.05, 4.69) is 22.8 Å². The highest BCUT2D eigenvalue weighted by atomic mass is 16.6. The Labute approximate surface area is 151 Å². The van der Waals surface area contributed by atoms with Gasteiger partial charge in [0.2, 0.25) is 5.91 Å². The monoisotopic (exact) mass is 349 g/mol. The Hall–Kier alpha value is -3.15. The van der Waals surface area contributed by atoms with Crippen molar-refractivity contribution < 1.29 is 9.72 Å². The van der Waals surface area contributed by atoms with Gasteiger partial charge in [-0.25, -0.2) is 0 Å². The first kappa shape index (κ1) is 16.3. The lowest BCUT2D eigenvalue weighted by atomic mass is 9.76. The van der Waals surface area contributed by atoms with E-state index in [9.17, 15) is 14.9 Å². The summed E-state index contributed by atoms with van der Waals surface area (Å²) in [6, 6.07) is 12.6. The smallest absolute Gasteiger partial charge is 0.274 e. The number of nitro benzene ring substituents is 1. The molecule has 2 aromatic rings. The van der Waals surface area contributed by atoms with E-state index in [4.69, 9.17) is 0 Å². The summed E-state index contributed by atoms with van der Waals surface area (Å²) in [4.78, 5) is 22.5. The second kappa shape index (κ2) is 6.29. The first-order valence-electron chi connectivity index (χ1n) is 8.62. The first-order valence-corrected chi connectivity index (χ1v) is 8.62. The van der Waals surface area contributed by atoms with Crippen LogP contribution in [-0.2, 0) is 4.79 Å².